The van der Waals surface area contributed by atoms with E-state index in [0.29, 0.717) is 24.6 Å². The van der Waals surface area contributed by atoms with Crippen molar-refractivity contribution in [1.29, 1.82) is 0 Å². The maximum absolute atomic E-state index is 12.4. The number of hydrogen-bond acceptors (Lipinski definition) is 5. The van der Waals surface area contributed by atoms with Crippen LogP contribution >= 0.6 is 0 Å². The summed E-state index contributed by atoms with van der Waals surface area (Å²) in [7, 11) is 1.92. The third kappa shape index (κ3) is 2.97. The second-order valence-corrected chi connectivity index (χ2v) is 8.79. The average Bonchev–Trinajstić information content (AvgIpc) is 3.50. The Morgan fingerprint density at radius 1 is 1.11 bits per heavy atom. The van der Waals surface area contributed by atoms with Crippen LogP contribution in [0.5, 0.6) is 0 Å². The Hall–Kier alpha value is -2.18. The van der Waals surface area contributed by atoms with Crippen molar-refractivity contribution in [2.75, 3.05) is 38.1 Å². The normalized spacial score (nSPS) is 28.3. The van der Waals surface area contributed by atoms with E-state index in [1.54, 1.807) is 0 Å². The molecule has 1 aromatic heterocycles. The summed E-state index contributed by atoms with van der Waals surface area (Å²) in [6.07, 6.45) is 6.89. The van der Waals surface area contributed by atoms with Crippen LogP contribution in [-0.2, 0) is 11.2 Å². The van der Waals surface area contributed by atoms with Crippen LogP contribution in [0, 0.1) is 5.41 Å². The number of carbonyl (C=O) groups excluding carboxylic acids is 2. The van der Waals surface area contributed by atoms with E-state index < -0.39 is 0 Å². The smallest absolute Gasteiger partial charge is 0.270 e. The minimum Gasteiger partial charge on any atom is -0.356 e. The number of carbonyl (C=O) groups is 2. The van der Waals surface area contributed by atoms with Gasteiger partial charge in [0.25, 0.3) is 5.91 Å². The summed E-state index contributed by atoms with van der Waals surface area (Å²) in [5.74, 6) is 2.44. The second kappa shape index (κ2) is 6.17. The van der Waals surface area contributed by atoms with Crippen molar-refractivity contribution in [3.63, 3.8) is 0 Å². The number of piperidine rings is 2. The molecule has 2 amide bonds. The molecule has 5 rings (SSSR count). The fraction of sp³-hybridized carbons (Fsp3) is 0.700. The van der Waals surface area contributed by atoms with Crippen LogP contribution in [0.15, 0.2) is 0 Å². The number of anilines is 1. The van der Waals surface area contributed by atoms with Gasteiger partial charge in [0.1, 0.15) is 17.3 Å². The molecular weight excluding hydrogens is 342 g/mol. The number of fused-ring (bicyclic) bond motifs is 1. The van der Waals surface area contributed by atoms with Gasteiger partial charge in [0.05, 0.1) is 0 Å². The van der Waals surface area contributed by atoms with Crippen molar-refractivity contribution in [3.8, 4) is 0 Å². The van der Waals surface area contributed by atoms with E-state index in [4.69, 9.17) is 4.98 Å². The van der Waals surface area contributed by atoms with Gasteiger partial charge < -0.3 is 15.1 Å². The van der Waals surface area contributed by atoms with Crippen molar-refractivity contribution in [2.24, 2.45) is 5.41 Å². The van der Waals surface area contributed by atoms with Crippen LogP contribution in [0.2, 0.25) is 0 Å². The van der Waals surface area contributed by atoms with E-state index in [0.717, 1.165) is 75.4 Å². The molecule has 1 atom stereocenters. The lowest BCUT2D eigenvalue weighted by molar-refractivity contribution is -0.136. The topological polar surface area (TPSA) is 78.4 Å². The number of nitrogens with one attached hydrogen (secondary N) is 1. The van der Waals surface area contributed by atoms with Crippen LogP contribution in [-0.4, -0.2) is 59.9 Å². The number of amides is 2. The summed E-state index contributed by atoms with van der Waals surface area (Å²) in [6.45, 7) is 3.36. The van der Waals surface area contributed by atoms with Crippen molar-refractivity contribution in [1.82, 2.24) is 20.2 Å². The summed E-state index contributed by atoms with van der Waals surface area (Å²) in [5, 5.41) is 2.93. The second-order valence-electron chi connectivity index (χ2n) is 8.79. The van der Waals surface area contributed by atoms with E-state index in [1.807, 2.05) is 11.9 Å². The number of rotatable bonds is 2. The van der Waals surface area contributed by atoms with Crippen LogP contribution in [0.1, 0.15) is 66.3 Å². The molecular formula is C20H27N5O2. The molecule has 7 heteroatoms. The number of aromatic nitrogens is 2. The van der Waals surface area contributed by atoms with E-state index in [1.165, 1.54) is 0 Å². The highest BCUT2D eigenvalue weighted by molar-refractivity contribution is 5.96. The predicted octanol–water partition coefficient (Wildman–Crippen LogP) is 1.48. The van der Waals surface area contributed by atoms with Gasteiger partial charge in [-0.1, -0.05) is 0 Å². The standard InChI is InChI=1S/C20H27N5O2/c1-24-11-20(8-5-15(24)26)7-2-10-25(12-20)18-14-6-9-21-19(27)16(14)22-17(23-18)13-3-4-13/h13H,2-12H2,1H3,(H,21,27). The monoisotopic (exact) mass is 369 g/mol. The Kier molecular flexibility index (Phi) is 3.88. The summed E-state index contributed by atoms with van der Waals surface area (Å²) in [6, 6.07) is 0. The molecule has 1 spiro atoms. The molecule has 1 unspecified atom stereocenters. The molecule has 0 bridgehead atoms. The van der Waals surface area contributed by atoms with E-state index in [-0.39, 0.29) is 17.2 Å². The summed E-state index contributed by atoms with van der Waals surface area (Å²) in [4.78, 5) is 38.3. The van der Waals surface area contributed by atoms with Crippen LogP contribution in [0.25, 0.3) is 0 Å². The molecule has 1 saturated carbocycles. The average molecular weight is 369 g/mol. The molecule has 27 heavy (non-hydrogen) atoms. The highest BCUT2D eigenvalue weighted by Crippen LogP contribution is 2.43. The Bertz CT molecular complexity index is 806. The third-order valence-electron chi connectivity index (χ3n) is 6.65. The highest BCUT2D eigenvalue weighted by Gasteiger charge is 2.42. The molecule has 1 aromatic rings. The Morgan fingerprint density at radius 2 is 1.96 bits per heavy atom. The molecule has 2 saturated heterocycles. The number of likely N-dealkylation sites (tertiary alicyclic amines) is 1. The molecule has 7 nitrogen and oxygen atoms in total. The van der Waals surface area contributed by atoms with Gasteiger partial charge in [0, 0.05) is 56.5 Å². The summed E-state index contributed by atoms with van der Waals surface area (Å²) in [5.41, 5.74) is 1.75. The molecule has 4 heterocycles. The summed E-state index contributed by atoms with van der Waals surface area (Å²) >= 11 is 0. The SMILES string of the molecule is CN1CC2(CCCN(c3nc(C4CC4)nc4c3CCNC4=O)C2)CCC1=O. The molecule has 0 aromatic carbocycles. The molecule has 1 N–H and O–H groups in total. The molecule has 144 valence electrons. The Morgan fingerprint density at radius 3 is 2.74 bits per heavy atom. The maximum Gasteiger partial charge on any atom is 0.270 e. The third-order valence-corrected chi connectivity index (χ3v) is 6.65. The van der Waals surface area contributed by atoms with Gasteiger partial charge in [-0.05, 0) is 38.5 Å². The van der Waals surface area contributed by atoms with E-state index in [9.17, 15) is 9.59 Å². The van der Waals surface area contributed by atoms with Crippen LogP contribution < -0.4 is 10.2 Å². The molecule has 4 aliphatic rings. The number of nitrogens with zero attached hydrogens (tertiary/aromatic N) is 4. The first-order valence-corrected chi connectivity index (χ1v) is 10.2. The maximum atomic E-state index is 12.4. The lowest BCUT2D eigenvalue weighted by Gasteiger charge is -2.48. The van der Waals surface area contributed by atoms with Gasteiger partial charge in [-0.15, -0.1) is 0 Å². The van der Waals surface area contributed by atoms with Crippen molar-refractivity contribution in [2.45, 2.75) is 50.9 Å². The van der Waals surface area contributed by atoms with Crippen LogP contribution in [0.4, 0.5) is 5.82 Å². The van der Waals surface area contributed by atoms with Gasteiger partial charge >= 0.3 is 0 Å². The first-order chi connectivity index (χ1) is 13.0. The zero-order valence-electron chi connectivity index (χ0n) is 16.0. The first-order valence-electron chi connectivity index (χ1n) is 10.2. The lowest BCUT2D eigenvalue weighted by atomic mass is 9.73. The Labute approximate surface area is 159 Å². The van der Waals surface area contributed by atoms with Gasteiger partial charge in [-0.3, -0.25) is 9.59 Å². The van der Waals surface area contributed by atoms with Gasteiger partial charge in [0.15, 0.2) is 0 Å². The first kappa shape index (κ1) is 17.0. The van der Waals surface area contributed by atoms with E-state index in [2.05, 4.69) is 15.2 Å². The van der Waals surface area contributed by atoms with Crippen LogP contribution in [0.3, 0.4) is 0 Å². The quantitative estimate of drug-likeness (QED) is 0.854. The molecule has 0 radical (unpaired) electrons. The Balaban J connectivity index is 1.50. The summed E-state index contributed by atoms with van der Waals surface area (Å²) < 4.78 is 0. The number of hydrogen-bond donors (Lipinski definition) is 1. The van der Waals surface area contributed by atoms with Gasteiger partial charge in [-0.2, -0.15) is 0 Å². The van der Waals surface area contributed by atoms with Crippen molar-refractivity contribution >= 4 is 17.6 Å². The van der Waals surface area contributed by atoms with Crippen molar-refractivity contribution in [3.05, 3.63) is 17.1 Å². The zero-order valence-corrected chi connectivity index (χ0v) is 16.0. The molecule has 3 fully saturated rings. The lowest BCUT2D eigenvalue weighted by Crippen LogP contribution is -2.53. The fourth-order valence-electron chi connectivity index (χ4n) is 5.03. The van der Waals surface area contributed by atoms with Gasteiger partial charge in [-0.25, -0.2) is 9.97 Å². The predicted molar refractivity (Wildman–Crippen MR) is 101 cm³/mol. The zero-order chi connectivity index (χ0) is 18.6. The minimum atomic E-state index is -0.0588. The molecule has 3 aliphatic heterocycles. The highest BCUT2D eigenvalue weighted by atomic mass is 16.2. The molecule has 1 aliphatic carbocycles. The largest absolute Gasteiger partial charge is 0.356 e. The minimum absolute atomic E-state index is 0.0588. The van der Waals surface area contributed by atoms with Crippen molar-refractivity contribution < 1.29 is 9.59 Å². The van der Waals surface area contributed by atoms with E-state index >= 15 is 0 Å². The van der Waals surface area contributed by atoms with Gasteiger partial charge in [0.2, 0.25) is 5.91 Å². The fourth-order valence-corrected chi connectivity index (χ4v) is 5.03.